The summed E-state index contributed by atoms with van der Waals surface area (Å²) in [4.78, 5) is 13.1. The first-order valence-corrected chi connectivity index (χ1v) is 4.17. The van der Waals surface area contributed by atoms with E-state index in [0.717, 1.165) is 6.92 Å². The van der Waals surface area contributed by atoms with Crippen molar-refractivity contribution in [2.45, 2.75) is 18.1 Å². The van der Waals surface area contributed by atoms with E-state index >= 15 is 0 Å². The van der Waals surface area contributed by atoms with Gasteiger partial charge in [0.05, 0.1) is 16.2 Å². The number of alkyl halides is 3. The Balaban J connectivity index is 3.77. The van der Waals surface area contributed by atoms with E-state index in [0.29, 0.717) is 0 Å². The molecular formula is C8H5F3N2OS. The first kappa shape index (κ1) is 11.7. The number of nitrogens with zero attached hydrogens (tertiary/aromatic N) is 1. The number of halogens is 3. The van der Waals surface area contributed by atoms with Gasteiger partial charge in [0.25, 0.3) is 5.56 Å². The number of thiol groups is 1. The molecule has 7 heteroatoms. The van der Waals surface area contributed by atoms with Gasteiger partial charge in [0, 0.05) is 5.56 Å². The molecule has 1 heterocycles. The molecule has 0 saturated heterocycles. The molecule has 0 aromatic carbocycles. The summed E-state index contributed by atoms with van der Waals surface area (Å²) >= 11 is 3.62. The Kier molecular flexibility index (Phi) is 2.81. The average Bonchev–Trinajstić information content (AvgIpc) is 2.08. The first-order valence-electron chi connectivity index (χ1n) is 3.72. The van der Waals surface area contributed by atoms with E-state index in [2.05, 4.69) is 17.6 Å². The lowest BCUT2D eigenvalue weighted by Gasteiger charge is -2.12. The zero-order valence-electron chi connectivity index (χ0n) is 7.44. The Bertz CT molecular complexity index is 498. The van der Waals surface area contributed by atoms with Gasteiger partial charge >= 0.3 is 6.18 Å². The number of hydrogen-bond donors (Lipinski definition) is 2. The highest BCUT2D eigenvalue weighted by molar-refractivity contribution is 7.80. The lowest BCUT2D eigenvalue weighted by Crippen LogP contribution is -2.21. The summed E-state index contributed by atoms with van der Waals surface area (Å²) in [6, 6.07) is 1.37. The second kappa shape index (κ2) is 3.62. The lowest BCUT2D eigenvalue weighted by molar-refractivity contribution is -0.138. The molecular weight excluding hydrogens is 229 g/mol. The number of aromatic nitrogens is 1. The summed E-state index contributed by atoms with van der Waals surface area (Å²) in [6.07, 6.45) is -4.74. The molecule has 0 radical (unpaired) electrons. The number of nitrogens with one attached hydrogen (secondary N) is 1. The van der Waals surface area contributed by atoms with Crippen molar-refractivity contribution in [2.24, 2.45) is 0 Å². The minimum Gasteiger partial charge on any atom is -0.316 e. The molecule has 3 nitrogen and oxygen atoms in total. The average molecular weight is 234 g/mol. The molecule has 1 aromatic heterocycles. The maximum atomic E-state index is 12.5. The molecule has 0 saturated carbocycles. The zero-order chi connectivity index (χ0) is 11.8. The molecule has 1 rings (SSSR count). The van der Waals surface area contributed by atoms with Gasteiger partial charge in [-0.05, 0) is 6.92 Å². The van der Waals surface area contributed by atoms with Crippen molar-refractivity contribution in [3.05, 3.63) is 27.0 Å². The van der Waals surface area contributed by atoms with E-state index in [9.17, 15) is 18.0 Å². The van der Waals surface area contributed by atoms with Gasteiger partial charge in [0.1, 0.15) is 6.07 Å². The van der Waals surface area contributed by atoms with Gasteiger partial charge in [-0.2, -0.15) is 18.4 Å². The van der Waals surface area contributed by atoms with Gasteiger partial charge in [0.2, 0.25) is 0 Å². The van der Waals surface area contributed by atoms with E-state index in [-0.39, 0.29) is 5.03 Å². The van der Waals surface area contributed by atoms with E-state index in [1.807, 2.05) is 0 Å². The number of aromatic amines is 1. The molecule has 15 heavy (non-hydrogen) atoms. The Morgan fingerprint density at radius 2 is 2.00 bits per heavy atom. The Labute approximate surface area is 88.0 Å². The molecule has 0 aliphatic rings. The van der Waals surface area contributed by atoms with Crippen LogP contribution >= 0.6 is 12.6 Å². The van der Waals surface area contributed by atoms with Gasteiger partial charge in [-0.1, -0.05) is 0 Å². The second-order valence-corrected chi connectivity index (χ2v) is 3.23. The summed E-state index contributed by atoms with van der Waals surface area (Å²) < 4.78 is 37.6. The van der Waals surface area contributed by atoms with Gasteiger partial charge < -0.3 is 4.98 Å². The van der Waals surface area contributed by atoms with Crippen molar-refractivity contribution in [3.63, 3.8) is 0 Å². The Hall–Kier alpha value is -1.42. The van der Waals surface area contributed by atoms with E-state index in [1.54, 1.807) is 0 Å². The van der Waals surface area contributed by atoms with Crippen LogP contribution in [0.25, 0.3) is 0 Å². The van der Waals surface area contributed by atoms with Crippen LogP contribution in [0.15, 0.2) is 9.82 Å². The first-order chi connectivity index (χ1) is 6.79. The smallest absolute Gasteiger partial charge is 0.316 e. The van der Waals surface area contributed by atoms with Gasteiger partial charge in [-0.25, -0.2) is 0 Å². The van der Waals surface area contributed by atoms with Crippen LogP contribution in [0.2, 0.25) is 0 Å². The van der Waals surface area contributed by atoms with Crippen LogP contribution in [-0.2, 0) is 6.18 Å². The summed E-state index contributed by atoms with van der Waals surface area (Å²) in [5, 5.41) is 8.18. The van der Waals surface area contributed by atoms with Gasteiger partial charge in [-0.3, -0.25) is 4.79 Å². The van der Waals surface area contributed by atoms with Crippen molar-refractivity contribution in [3.8, 4) is 6.07 Å². The number of H-pyrrole nitrogens is 1. The third kappa shape index (κ3) is 1.99. The topological polar surface area (TPSA) is 56.6 Å². The molecule has 0 fully saturated rings. The molecule has 1 N–H and O–H groups in total. The fourth-order valence-electron chi connectivity index (χ4n) is 1.15. The second-order valence-electron chi connectivity index (χ2n) is 2.79. The number of pyridine rings is 1. The third-order valence-corrected chi connectivity index (χ3v) is 2.17. The van der Waals surface area contributed by atoms with Crippen molar-refractivity contribution in [1.82, 2.24) is 4.98 Å². The van der Waals surface area contributed by atoms with Crippen LogP contribution in [0, 0.1) is 18.3 Å². The molecule has 0 amide bonds. The monoisotopic (exact) mass is 234 g/mol. The Morgan fingerprint density at radius 1 is 1.47 bits per heavy atom. The maximum Gasteiger partial charge on any atom is 0.418 e. The van der Waals surface area contributed by atoms with Gasteiger partial charge in [-0.15, -0.1) is 12.6 Å². The normalized spacial score (nSPS) is 11.2. The number of nitriles is 1. The molecule has 0 unspecified atom stereocenters. The summed E-state index contributed by atoms with van der Waals surface area (Å²) in [6.45, 7) is 1.01. The maximum absolute atomic E-state index is 12.5. The standard InChI is InChI=1S/C8H5F3N2OS/c1-3-5(8(9,10)11)4(2-12)7(15)13-6(3)14/h1H3,(H2,13,14,15). The van der Waals surface area contributed by atoms with Crippen LogP contribution in [-0.4, -0.2) is 4.98 Å². The molecule has 0 aliphatic heterocycles. The van der Waals surface area contributed by atoms with Crippen molar-refractivity contribution in [1.29, 1.82) is 5.26 Å². The third-order valence-electron chi connectivity index (χ3n) is 1.83. The highest BCUT2D eigenvalue weighted by atomic mass is 32.1. The highest BCUT2D eigenvalue weighted by Crippen LogP contribution is 2.34. The fourth-order valence-corrected chi connectivity index (χ4v) is 1.41. The van der Waals surface area contributed by atoms with Crippen LogP contribution in [0.3, 0.4) is 0 Å². The minimum absolute atomic E-state index is 0.375. The highest BCUT2D eigenvalue weighted by Gasteiger charge is 2.37. The Morgan fingerprint density at radius 3 is 2.40 bits per heavy atom. The quantitative estimate of drug-likeness (QED) is 0.673. The van der Waals surface area contributed by atoms with E-state index < -0.39 is 28.4 Å². The summed E-state index contributed by atoms with van der Waals surface area (Å²) in [5.41, 5.74) is -3.31. The van der Waals surface area contributed by atoms with Crippen LogP contribution in [0.5, 0.6) is 0 Å². The van der Waals surface area contributed by atoms with Crippen LogP contribution < -0.4 is 5.56 Å². The number of rotatable bonds is 0. The van der Waals surface area contributed by atoms with Crippen molar-refractivity contribution >= 4 is 12.6 Å². The summed E-state index contributed by atoms with van der Waals surface area (Å²) in [5.74, 6) is 0. The lowest BCUT2D eigenvalue weighted by atomic mass is 10.1. The van der Waals surface area contributed by atoms with Crippen LogP contribution in [0.4, 0.5) is 13.2 Å². The molecule has 1 aromatic rings. The summed E-state index contributed by atoms with van der Waals surface area (Å²) in [7, 11) is 0. The van der Waals surface area contributed by atoms with Gasteiger partial charge in [0.15, 0.2) is 0 Å². The SMILES string of the molecule is Cc1c(C(F)(F)F)c(C#N)c(S)[nH]c1=O. The predicted molar refractivity (Wildman–Crippen MR) is 48.8 cm³/mol. The van der Waals surface area contributed by atoms with Crippen LogP contribution in [0.1, 0.15) is 16.7 Å². The zero-order valence-corrected chi connectivity index (χ0v) is 8.33. The van der Waals surface area contributed by atoms with Crippen molar-refractivity contribution < 1.29 is 13.2 Å². The molecule has 80 valence electrons. The van der Waals surface area contributed by atoms with Crippen molar-refractivity contribution in [2.75, 3.05) is 0 Å². The predicted octanol–water partition coefficient (Wildman–Crippen LogP) is 1.86. The molecule has 0 spiro atoms. The molecule has 0 aliphatic carbocycles. The van der Waals surface area contributed by atoms with E-state index in [4.69, 9.17) is 5.26 Å². The molecule has 0 bridgehead atoms. The fraction of sp³-hybridized carbons (Fsp3) is 0.250. The number of hydrogen-bond acceptors (Lipinski definition) is 3. The largest absolute Gasteiger partial charge is 0.418 e. The van der Waals surface area contributed by atoms with E-state index in [1.165, 1.54) is 6.07 Å². The molecule has 0 atom stereocenters. The minimum atomic E-state index is -4.74.